The summed E-state index contributed by atoms with van der Waals surface area (Å²) < 4.78 is 7.72. The molecule has 0 saturated carbocycles. The van der Waals surface area contributed by atoms with Crippen molar-refractivity contribution in [3.63, 3.8) is 0 Å². The molecule has 1 saturated heterocycles. The highest BCUT2D eigenvalue weighted by Gasteiger charge is 2.23. The summed E-state index contributed by atoms with van der Waals surface area (Å²) in [4.78, 5) is 2.28. The zero-order valence-electron chi connectivity index (χ0n) is 13.9. The molecule has 1 aliphatic rings. The Labute approximate surface area is 137 Å². The molecule has 0 radical (unpaired) electrons. The molecule has 3 rings (SSSR count). The van der Waals surface area contributed by atoms with E-state index in [-0.39, 0.29) is 6.10 Å². The van der Waals surface area contributed by atoms with Gasteiger partial charge in [-0.1, -0.05) is 18.2 Å². The number of hydrogen-bond donors (Lipinski definition) is 1. The minimum Gasteiger partial charge on any atom is -0.387 e. The predicted molar refractivity (Wildman–Crippen MR) is 89.3 cm³/mol. The second-order valence-corrected chi connectivity index (χ2v) is 6.34. The van der Waals surface area contributed by atoms with Crippen molar-refractivity contribution >= 4 is 0 Å². The average molecular weight is 315 g/mol. The van der Waals surface area contributed by atoms with Crippen molar-refractivity contribution in [2.45, 2.75) is 32.6 Å². The molecule has 1 fully saturated rings. The van der Waals surface area contributed by atoms with Gasteiger partial charge in [-0.3, -0.25) is 9.58 Å². The number of aliphatic hydroxyl groups is 1. The summed E-state index contributed by atoms with van der Waals surface area (Å²) in [5.74, 6) is 0. The fourth-order valence-corrected chi connectivity index (χ4v) is 3.00. The van der Waals surface area contributed by atoms with Gasteiger partial charge in [0.1, 0.15) is 0 Å². The summed E-state index contributed by atoms with van der Waals surface area (Å²) in [7, 11) is 0. The Bertz CT molecular complexity index is 627. The van der Waals surface area contributed by atoms with Gasteiger partial charge in [0.05, 0.1) is 25.4 Å². The van der Waals surface area contributed by atoms with Gasteiger partial charge < -0.3 is 9.84 Å². The summed E-state index contributed by atoms with van der Waals surface area (Å²) in [5, 5.41) is 14.8. The van der Waals surface area contributed by atoms with Gasteiger partial charge in [-0.25, -0.2) is 0 Å². The molecule has 0 unspecified atom stereocenters. The molecule has 5 heteroatoms. The van der Waals surface area contributed by atoms with Gasteiger partial charge in [0.15, 0.2) is 0 Å². The largest absolute Gasteiger partial charge is 0.387 e. The third-order valence-electron chi connectivity index (χ3n) is 4.52. The lowest BCUT2D eigenvalue weighted by Crippen LogP contribution is -2.45. The van der Waals surface area contributed by atoms with E-state index in [4.69, 9.17) is 4.74 Å². The van der Waals surface area contributed by atoms with Crippen LogP contribution in [0.5, 0.6) is 0 Å². The van der Waals surface area contributed by atoms with Crippen LogP contribution in [0.4, 0.5) is 0 Å². The number of ether oxygens (including phenoxy) is 1. The molecule has 124 valence electrons. The molecule has 0 bridgehead atoms. The van der Waals surface area contributed by atoms with Gasteiger partial charge in [-0.15, -0.1) is 0 Å². The van der Waals surface area contributed by atoms with E-state index >= 15 is 0 Å². The van der Waals surface area contributed by atoms with Crippen molar-refractivity contribution in [3.05, 3.63) is 53.3 Å². The van der Waals surface area contributed by atoms with E-state index in [9.17, 15) is 5.11 Å². The first-order valence-corrected chi connectivity index (χ1v) is 8.18. The number of nitrogens with zero attached hydrogens (tertiary/aromatic N) is 3. The van der Waals surface area contributed by atoms with E-state index in [1.165, 1.54) is 11.1 Å². The monoisotopic (exact) mass is 315 g/mol. The minimum atomic E-state index is -0.460. The van der Waals surface area contributed by atoms with Crippen molar-refractivity contribution in [2.24, 2.45) is 0 Å². The lowest BCUT2D eigenvalue weighted by atomic mass is 10.0. The van der Waals surface area contributed by atoms with Gasteiger partial charge >= 0.3 is 0 Å². The summed E-state index contributed by atoms with van der Waals surface area (Å²) in [5.41, 5.74) is 3.47. The van der Waals surface area contributed by atoms with Crippen LogP contribution >= 0.6 is 0 Å². The molecule has 1 N–H and O–H groups in total. The Hall–Kier alpha value is -1.69. The molecular weight excluding hydrogens is 290 g/mol. The summed E-state index contributed by atoms with van der Waals surface area (Å²) in [6.07, 6.45) is 3.39. The van der Waals surface area contributed by atoms with Crippen molar-refractivity contribution in [3.8, 4) is 0 Å². The standard InChI is InChI=1S/C18H25N3O2/c1-14-4-5-16(10-15(14)2)18(22)13-20-8-9-23-17(11-20)12-21-7-3-6-19-21/h3-7,10,17-18,22H,8-9,11-13H2,1-2H3/t17-,18-/m0/s1. The highest BCUT2D eigenvalue weighted by Crippen LogP contribution is 2.19. The number of benzene rings is 1. The van der Waals surface area contributed by atoms with E-state index < -0.39 is 6.10 Å². The number of hydrogen-bond acceptors (Lipinski definition) is 4. The molecule has 0 aliphatic carbocycles. The molecule has 1 aliphatic heterocycles. The van der Waals surface area contributed by atoms with Gasteiger partial charge in [0.25, 0.3) is 0 Å². The molecular formula is C18H25N3O2. The van der Waals surface area contributed by atoms with E-state index in [1.54, 1.807) is 6.20 Å². The van der Waals surface area contributed by atoms with Gasteiger partial charge in [0.2, 0.25) is 0 Å². The highest BCUT2D eigenvalue weighted by molar-refractivity contribution is 5.31. The third kappa shape index (κ3) is 4.19. The smallest absolute Gasteiger partial charge is 0.0917 e. The number of aryl methyl sites for hydroxylation is 2. The van der Waals surface area contributed by atoms with Gasteiger partial charge in [0, 0.05) is 32.0 Å². The second-order valence-electron chi connectivity index (χ2n) is 6.34. The number of β-amino-alcohol motifs (C(OH)–C–C–N with tert-alkyl or cyclic N) is 1. The van der Waals surface area contributed by atoms with Crippen LogP contribution in [0.3, 0.4) is 0 Å². The Morgan fingerprint density at radius 2 is 2.22 bits per heavy atom. The third-order valence-corrected chi connectivity index (χ3v) is 4.52. The van der Waals surface area contributed by atoms with Crippen LogP contribution in [0.15, 0.2) is 36.7 Å². The SMILES string of the molecule is Cc1ccc([C@@H](O)CN2CCO[C@H](Cn3cccn3)C2)cc1C. The zero-order valence-corrected chi connectivity index (χ0v) is 13.9. The summed E-state index contributed by atoms with van der Waals surface area (Å²) >= 11 is 0. The Kier molecular flexibility index (Phi) is 5.10. The summed E-state index contributed by atoms with van der Waals surface area (Å²) in [6.45, 7) is 7.95. The Balaban J connectivity index is 1.57. The fraction of sp³-hybridized carbons (Fsp3) is 0.500. The highest BCUT2D eigenvalue weighted by atomic mass is 16.5. The van der Waals surface area contributed by atoms with Crippen LogP contribution in [0.25, 0.3) is 0 Å². The first kappa shape index (κ1) is 16.2. The van der Waals surface area contributed by atoms with Crippen LogP contribution in [0.2, 0.25) is 0 Å². The van der Waals surface area contributed by atoms with Crippen molar-refractivity contribution in [1.82, 2.24) is 14.7 Å². The van der Waals surface area contributed by atoms with E-state index in [2.05, 4.69) is 36.0 Å². The minimum absolute atomic E-state index is 0.121. The average Bonchev–Trinajstić information content (AvgIpc) is 3.03. The molecule has 23 heavy (non-hydrogen) atoms. The summed E-state index contributed by atoms with van der Waals surface area (Å²) in [6, 6.07) is 8.11. The van der Waals surface area contributed by atoms with Crippen LogP contribution in [-0.2, 0) is 11.3 Å². The lowest BCUT2D eigenvalue weighted by molar-refractivity contribution is -0.0486. The maximum Gasteiger partial charge on any atom is 0.0917 e. The number of aliphatic hydroxyl groups excluding tert-OH is 1. The second kappa shape index (κ2) is 7.25. The maximum atomic E-state index is 10.5. The quantitative estimate of drug-likeness (QED) is 0.916. The van der Waals surface area contributed by atoms with Crippen molar-refractivity contribution in [1.29, 1.82) is 0 Å². The topological polar surface area (TPSA) is 50.5 Å². The molecule has 2 atom stereocenters. The van der Waals surface area contributed by atoms with E-state index in [0.717, 1.165) is 25.2 Å². The maximum absolute atomic E-state index is 10.5. The zero-order chi connectivity index (χ0) is 16.2. The van der Waals surface area contributed by atoms with Crippen LogP contribution in [-0.4, -0.2) is 52.1 Å². The van der Waals surface area contributed by atoms with E-state index in [1.807, 2.05) is 23.0 Å². The van der Waals surface area contributed by atoms with Crippen LogP contribution < -0.4 is 0 Å². The molecule has 1 aromatic heterocycles. The molecule has 5 nitrogen and oxygen atoms in total. The molecule has 2 aromatic rings. The first-order valence-electron chi connectivity index (χ1n) is 8.18. The number of morpholine rings is 1. The molecule has 1 aromatic carbocycles. The van der Waals surface area contributed by atoms with E-state index in [0.29, 0.717) is 13.2 Å². The molecule has 0 spiro atoms. The molecule has 0 amide bonds. The normalized spacial score (nSPS) is 20.6. The lowest BCUT2D eigenvalue weighted by Gasteiger charge is -2.34. The van der Waals surface area contributed by atoms with Gasteiger partial charge in [-0.05, 0) is 36.6 Å². The Morgan fingerprint density at radius 3 is 2.96 bits per heavy atom. The van der Waals surface area contributed by atoms with Crippen LogP contribution in [0.1, 0.15) is 22.8 Å². The first-order chi connectivity index (χ1) is 11.1. The van der Waals surface area contributed by atoms with Crippen molar-refractivity contribution in [2.75, 3.05) is 26.2 Å². The fourth-order valence-electron chi connectivity index (χ4n) is 3.00. The van der Waals surface area contributed by atoms with Gasteiger partial charge in [-0.2, -0.15) is 5.10 Å². The van der Waals surface area contributed by atoms with Crippen molar-refractivity contribution < 1.29 is 9.84 Å². The number of rotatable bonds is 5. The van der Waals surface area contributed by atoms with Crippen LogP contribution in [0, 0.1) is 13.8 Å². The predicted octanol–water partition coefficient (Wildman–Crippen LogP) is 1.93. The molecule has 2 heterocycles. The Morgan fingerprint density at radius 1 is 1.35 bits per heavy atom. The number of aromatic nitrogens is 2.